The monoisotopic (exact) mass is 369 g/mol. The molecular weight excluding hydrogens is 342 g/mol. The molecule has 2 nitrogen and oxygen atoms in total. The van der Waals surface area contributed by atoms with Crippen LogP contribution < -0.4 is 0 Å². The molecule has 0 radical (unpaired) electrons. The topological polar surface area (TPSA) is 29.4 Å². The maximum Gasteiger partial charge on any atom is 0.149 e. The fraction of sp³-hybridized carbons (Fsp3) is 0.565. The van der Waals surface area contributed by atoms with E-state index in [0.29, 0.717) is 12.2 Å². The van der Waals surface area contributed by atoms with Gasteiger partial charge in [-0.2, -0.15) is 0 Å². The summed E-state index contributed by atoms with van der Waals surface area (Å²) in [6.45, 7) is 6.67. The number of halogens is 1. The van der Waals surface area contributed by atoms with E-state index >= 15 is 0 Å². The molecule has 1 aromatic rings. The Morgan fingerprint density at radius 3 is 2.54 bits per heavy atom. The predicted octanol–water partition coefficient (Wildman–Crippen LogP) is 5.55. The Morgan fingerprint density at radius 1 is 1.12 bits per heavy atom. The van der Waals surface area contributed by atoms with Gasteiger partial charge in [0.2, 0.25) is 0 Å². The number of ketones is 1. The fourth-order valence-corrected chi connectivity index (χ4v) is 6.62. The first-order valence-corrected chi connectivity index (χ1v) is 9.81. The number of hydrogen-bond donors (Lipinski definition) is 0. The number of allylic oxidation sites excluding steroid dienone is 2. The van der Waals surface area contributed by atoms with Crippen LogP contribution in [0.1, 0.15) is 76.3 Å². The van der Waals surface area contributed by atoms with Crippen molar-refractivity contribution in [3.8, 4) is 0 Å². The highest BCUT2D eigenvalue weighted by Crippen LogP contribution is 2.65. The second-order valence-corrected chi connectivity index (χ2v) is 9.31. The number of carbonyl (C=O) groups is 1. The maximum atomic E-state index is 13.5. The normalized spacial score (nSPS) is 32.9. The lowest BCUT2D eigenvalue weighted by Gasteiger charge is -2.52. The average molecular weight is 370 g/mol. The second-order valence-electron chi connectivity index (χ2n) is 9.31. The van der Waals surface area contributed by atoms with E-state index in [9.17, 15) is 4.79 Å². The molecule has 0 aromatic heterocycles. The SMILES string of the molecule is CC1=CCC(=O)C23CC(C)(C)N=C2C2(CCCC2)c2ccccc2C13.Cl. The Hall–Kier alpha value is -1.41. The van der Waals surface area contributed by atoms with E-state index in [1.165, 1.54) is 35.3 Å². The summed E-state index contributed by atoms with van der Waals surface area (Å²) in [7, 11) is 0. The zero-order chi connectivity index (χ0) is 17.4. The van der Waals surface area contributed by atoms with Gasteiger partial charge in [0, 0.05) is 23.5 Å². The number of fused-ring (bicyclic) bond motifs is 4. The van der Waals surface area contributed by atoms with Crippen LogP contribution in [0.4, 0.5) is 0 Å². The molecule has 2 atom stereocenters. The van der Waals surface area contributed by atoms with Crippen molar-refractivity contribution in [2.75, 3.05) is 0 Å². The molecule has 0 bridgehead atoms. The Morgan fingerprint density at radius 2 is 1.81 bits per heavy atom. The van der Waals surface area contributed by atoms with Crippen molar-refractivity contribution in [3.05, 3.63) is 47.0 Å². The average Bonchev–Trinajstić information content (AvgIpc) is 3.16. The van der Waals surface area contributed by atoms with Crippen LogP contribution in [0.25, 0.3) is 0 Å². The van der Waals surface area contributed by atoms with Gasteiger partial charge in [-0.1, -0.05) is 48.8 Å². The van der Waals surface area contributed by atoms with Crippen molar-refractivity contribution >= 4 is 23.9 Å². The van der Waals surface area contributed by atoms with Gasteiger partial charge in [0.25, 0.3) is 0 Å². The molecule has 1 heterocycles. The molecule has 2 spiro atoms. The van der Waals surface area contributed by atoms with Crippen LogP contribution in [-0.4, -0.2) is 17.0 Å². The number of rotatable bonds is 0. The van der Waals surface area contributed by atoms with Gasteiger partial charge in [-0.3, -0.25) is 9.79 Å². The molecule has 1 aromatic carbocycles. The van der Waals surface area contributed by atoms with Crippen LogP contribution in [0.5, 0.6) is 0 Å². The van der Waals surface area contributed by atoms with Gasteiger partial charge in [0.15, 0.2) is 0 Å². The molecule has 1 saturated carbocycles. The van der Waals surface area contributed by atoms with Crippen LogP contribution in [0.15, 0.2) is 40.9 Å². The van der Waals surface area contributed by atoms with Crippen molar-refractivity contribution in [3.63, 3.8) is 0 Å². The Kier molecular flexibility index (Phi) is 3.83. The van der Waals surface area contributed by atoms with Crippen molar-refractivity contribution < 1.29 is 4.79 Å². The lowest BCUT2D eigenvalue weighted by atomic mass is 9.48. The van der Waals surface area contributed by atoms with Crippen molar-refractivity contribution in [2.24, 2.45) is 10.4 Å². The quantitative estimate of drug-likeness (QED) is 0.551. The smallest absolute Gasteiger partial charge is 0.149 e. The lowest BCUT2D eigenvalue weighted by molar-refractivity contribution is -0.126. The minimum atomic E-state index is -0.388. The van der Waals surface area contributed by atoms with E-state index in [2.05, 4.69) is 51.1 Å². The molecule has 1 fully saturated rings. The Balaban J connectivity index is 0.00000168. The predicted molar refractivity (Wildman–Crippen MR) is 109 cm³/mol. The zero-order valence-corrected chi connectivity index (χ0v) is 16.8. The molecule has 2 unspecified atom stereocenters. The minimum absolute atomic E-state index is 0. The molecule has 1 aliphatic heterocycles. The molecule has 4 aliphatic rings. The van der Waals surface area contributed by atoms with Gasteiger partial charge in [-0.15, -0.1) is 12.4 Å². The summed E-state index contributed by atoms with van der Waals surface area (Å²) in [5, 5.41) is 0. The summed E-state index contributed by atoms with van der Waals surface area (Å²) in [5.41, 5.74) is 4.97. The van der Waals surface area contributed by atoms with E-state index in [0.717, 1.165) is 19.3 Å². The third-order valence-corrected chi connectivity index (χ3v) is 7.30. The summed E-state index contributed by atoms with van der Waals surface area (Å²) >= 11 is 0. The Labute approximate surface area is 162 Å². The van der Waals surface area contributed by atoms with Crippen molar-refractivity contribution in [2.45, 2.75) is 76.2 Å². The van der Waals surface area contributed by atoms with Crippen LogP contribution in [0.3, 0.4) is 0 Å². The number of hydrogen-bond acceptors (Lipinski definition) is 2. The summed E-state index contributed by atoms with van der Waals surface area (Å²) < 4.78 is 0. The summed E-state index contributed by atoms with van der Waals surface area (Å²) in [4.78, 5) is 18.8. The van der Waals surface area contributed by atoms with Crippen molar-refractivity contribution in [1.82, 2.24) is 0 Å². The van der Waals surface area contributed by atoms with Gasteiger partial charge in [0.05, 0.1) is 11.0 Å². The fourth-order valence-electron chi connectivity index (χ4n) is 6.62. The molecule has 3 heteroatoms. The largest absolute Gasteiger partial charge is 0.298 e. The first-order valence-electron chi connectivity index (χ1n) is 9.81. The molecule has 0 N–H and O–H groups in total. The second kappa shape index (κ2) is 5.55. The first kappa shape index (κ1) is 18.0. The number of benzene rings is 1. The minimum Gasteiger partial charge on any atom is -0.298 e. The molecule has 0 amide bonds. The van der Waals surface area contributed by atoms with Gasteiger partial charge in [0.1, 0.15) is 5.78 Å². The van der Waals surface area contributed by atoms with Crippen LogP contribution in [0.2, 0.25) is 0 Å². The standard InChI is InChI=1S/C23H27NO.ClH/c1-15-10-11-18(25)23-14-21(2,3)24-20(23)22(12-6-7-13-22)17-9-5-4-8-16(17)19(15)23;/h4-5,8-10,19H,6-7,11-14H2,1-3H3;1H. The van der Waals surface area contributed by atoms with Gasteiger partial charge in [-0.25, -0.2) is 0 Å². The van der Waals surface area contributed by atoms with Crippen LogP contribution in [-0.2, 0) is 10.2 Å². The molecule has 0 saturated heterocycles. The maximum absolute atomic E-state index is 13.5. The molecule has 138 valence electrons. The van der Waals surface area contributed by atoms with Crippen molar-refractivity contribution in [1.29, 1.82) is 0 Å². The summed E-state index contributed by atoms with van der Waals surface area (Å²) in [5.74, 6) is 0.602. The van der Waals surface area contributed by atoms with Crippen LogP contribution >= 0.6 is 12.4 Å². The molecule has 3 aliphatic carbocycles. The van der Waals surface area contributed by atoms with Gasteiger partial charge >= 0.3 is 0 Å². The number of nitrogens with zero attached hydrogens (tertiary/aromatic N) is 1. The van der Waals surface area contributed by atoms with Crippen LogP contribution in [0, 0.1) is 5.41 Å². The van der Waals surface area contributed by atoms with E-state index in [1.807, 2.05) is 0 Å². The van der Waals surface area contributed by atoms with E-state index in [-0.39, 0.29) is 34.7 Å². The number of aliphatic imine (C=N–C) groups is 1. The summed E-state index contributed by atoms with van der Waals surface area (Å²) in [6.07, 6.45) is 8.43. The number of carbonyl (C=O) groups excluding carboxylic acids is 1. The highest BCUT2D eigenvalue weighted by atomic mass is 35.5. The van der Waals surface area contributed by atoms with E-state index in [4.69, 9.17) is 4.99 Å². The highest BCUT2D eigenvalue weighted by molar-refractivity contribution is 6.19. The highest BCUT2D eigenvalue weighted by Gasteiger charge is 2.66. The third-order valence-electron chi connectivity index (χ3n) is 7.30. The summed E-state index contributed by atoms with van der Waals surface area (Å²) in [6, 6.07) is 8.95. The lowest BCUT2D eigenvalue weighted by Crippen LogP contribution is -2.56. The van der Waals surface area contributed by atoms with Gasteiger partial charge < -0.3 is 0 Å². The molecular formula is C23H28ClNO. The number of Topliss-reactive ketones (excluding diaryl/α,β-unsaturated/α-hetero) is 1. The molecule has 26 heavy (non-hydrogen) atoms. The Bertz CT molecular complexity index is 844. The van der Waals surface area contributed by atoms with Gasteiger partial charge in [-0.05, 0) is 51.2 Å². The van der Waals surface area contributed by atoms with E-state index in [1.54, 1.807) is 0 Å². The third kappa shape index (κ3) is 2.00. The zero-order valence-electron chi connectivity index (χ0n) is 16.0. The van der Waals surface area contributed by atoms with E-state index < -0.39 is 0 Å². The first-order chi connectivity index (χ1) is 11.9. The molecule has 5 rings (SSSR count).